The lowest BCUT2D eigenvalue weighted by Gasteiger charge is -2.26. The summed E-state index contributed by atoms with van der Waals surface area (Å²) in [5.41, 5.74) is 0. The summed E-state index contributed by atoms with van der Waals surface area (Å²) in [6.45, 7) is 5.49. The standard InChI is InChI=1S/C8H15NO3/c1-3-11-8(10)7-5-9-4-6(2)12-7/h6-7,9H,3-5H2,1-2H3/t6-,7?/m1/s1. The van der Waals surface area contributed by atoms with E-state index in [0.29, 0.717) is 13.2 Å². The Morgan fingerprint density at radius 2 is 2.42 bits per heavy atom. The van der Waals surface area contributed by atoms with Crippen LogP contribution in [0.2, 0.25) is 0 Å². The van der Waals surface area contributed by atoms with Crippen LogP contribution in [0.5, 0.6) is 0 Å². The van der Waals surface area contributed by atoms with Gasteiger partial charge in [0.2, 0.25) is 0 Å². The Labute approximate surface area is 72.2 Å². The van der Waals surface area contributed by atoms with E-state index in [2.05, 4.69) is 5.32 Å². The molecule has 2 atom stereocenters. The van der Waals surface area contributed by atoms with E-state index in [1.807, 2.05) is 6.92 Å². The molecule has 1 heterocycles. The predicted octanol–water partition coefficient (Wildman–Crippen LogP) is -0.0736. The molecular weight excluding hydrogens is 158 g/mol. The van der Waals surface area contributed by atoms with Crippen molar-refractivity contribution >= 4 is 5.97 Å². The van der Waals surface area contributed by atoms with Crippen molar-refractivity contribution in [3.05, 3.63) is 0 Å². The van der Waals surface area contributed by atoms with E-state index in [1.165, 1.54) is 0 Å². The summed E-state index contributed by atoms with van der Waals surface area (Å²) >= 11 is 0. The molecule has 4 heteroatoms. The summed E-state index contributed by atoms with van der Waals surface area (Å²) in [7, 11) is 0. The van der Waals surface area contributed by atoms with Gasteiger partial charge in [0.15, 0.2) is 6.10 Å². The van der Waals surface area contributed by atoms with Gasteiger partial charge in [-0.1, -0.05) is 0 Å². The molecule has 0 radical (unpaired) electrons. The number of hydrogen-bond acceptors (Lipinski definition) is 4. The molecule has 0 aromatic heterocycles. The maximum absolute atomic E-state index is 11.2. The van der Waals surface area contributed by atoms with Crippen molar-refractivity contribution in [1.82, 2.24) is 5.32 Å². The largest absolute Gasteiger partial charge is 0.464 e. The smallest absolute Gasteiger partial charge is 0.336 e. The Balaban J connectivity index is 2.35. The minimum absolute atomic E-state index is 0.0909. The molecule has 0 aromatic carbocycles. The predicted molar refractivity (Wildman–Crippen MR) is 43.8 cm³/mol. The quantitative estimate of drug-likeness (QED) is 0.594. The van der Waals surface area contributed by atoms with Gasteiger partial charge in [-0.25, -0.2) is 4.79 Å². The zero-order valence-corrected chi connectivity index (χ0v) is 7.50. The van der Waals surface area contributed by atoms with Gasteiger partial charge in [0.1, 0.15) is 0 Å². The van der Waals surface area contributed by atoms with Crippen LogP contribution in [0, 0.1) is 0 Å². The van der Waals surface area contributed by atoms with Crippen molar-refractivity contribution in [2.45, 2.75) is 26.1 Å². The molecule has 1 unspecified atom stereocenters. The molecule has 0 saturated carbocycles. The van der Waals surface area contributed by atoms with Crippen LogP contribution in [0.3, 0.4) is 0 Å². The van der Waals surface area contributed by atoms with Gasteiger partial charge >= 0.3 is 5.97 Å². The Morgan fingerprint density at radius 3 is 3.00 bits per heavy atom. The SMILES string of the molecule is CCOC(=O)C1CNC[C@@H](C)O1. The first-order valence-corrected chi connectivity index (χ1v) is 4.27. The third-order valence-electron chi connectivity index (χ3n) is 1.71. The van der Waals surface area contributed by atoms with E-state index in [0.717, 1.165) is 6.54 Å². The number of esters is 1. The molecule has 4 nitrogen and oxygen atoms in total. The monoisotopic (exact) mass is 173 g/mol. The molecule has 12 heavy (non-hydrogen) atoms. The van der Waals surface area contributed by atoms with Crippen molar-refractivity contribution < 1.29 is 14.3 Å². The maximum Gasteiger partial charge on any atom is 0.336 e. The molecule has 0 amide bonds. The molecule has 1 aliphatic rings. The van der Waals surface area contributed by atoms with E-state index in [9.17, 15) is 4.79 Å². The zero-order valence-electron chi connectivity index (χ0n) is 7.50. The summed E-state index contributed by atoms with van der Waals surface area (Å²) in [6, 6.07) is 0. The number of nitrogens with one attached hydrogen (secondary N) is 1. The highest BCUT2D eigenvalue weighted by atomic mass is 16.6. The van der Waals surface area contributed by atoms with Gasteiger partial charge < -0.3 is 14.8 Å². The lowest BCUT2D eigenvalue weighted by molar-refractivity contribution is -0.162. The van der Waals surface area contributed by atoms with Crippen LogP contribution in [0.15, 0.2) is 0 Å². The Hall–Kier alpha value is -0.610. The second kappa shape index (κ2) is 4.42. The highest BCUT2D eigenvalue weighted by Gasteiger charge is 2.26. The second-order valence-electron chi connectivity index (χ2n) is 2.85. The minimum Gasteiger partial charge on any atom is -0.464 e. The van der Waals surface area contributed by atoms with Gasteiger partial charge in [-0.15, -0.1) is 0 Å². The zero-order chi connectivity index (χ0) is 8.97. The third-order valence-corrected chi connectivity index (χ3v) is 1.71. The number of rotatable bonds is 2. The molecule has 0 aliphatic carbocycles. The number of ether oxygens (including phenoxy) is 2. The van der Waals surface area contributed by atoms with Crippen LogP contribution in [-0.2, 0) is 14.3 Å². The van der Waals surface area contributed by atoms with E-state index < -0.39 is 6.10 Å². The molecule has 1 rings (SSSR count). The van der Waals surface area contributed by atoms with Crippen molar-refractivity contribution in [1.29, 1.82) is 0 Å². The Bertz CT molecular complexity index is 160. The van der Waals surface area contributed by atoms with Crippen LogP contribution in [0.25, 0.3) is 0 Å². The molecular formula is C8H15NO3. The fraction of sp³-hybridized carbons (Fsp3) is 0.875. The lowest BCUT2D eigenvalue weighted by Crippen LogP contribution is -2.47. The van der Waals surface area contributed by atoms with Crippen LogP contribution in [-0.4, -0.2) is 37.9 Å². The van der Waals surface area contributed by atoms with Crippen molar-refractivity contribution in [3.8, 4) is 0 Å². The molecule has 70 valence electrons. The molecule has 1 N–H and O–H groups in total. The number of hydrogen-bond donors (Lipinski definition) is 1. The first-order chi connectivity index (χ1) is 5.74. The summed E-state index contributed by atoms with van der Waals surface area (Å²) in [5.74, 6) is -0.267. The van der Waals surface area contributed by atoms with Gasteiger partial charge in [0, 0.05) is 13.1 Å². The summed E-state index contributed by atoms with van der Waals surface area (Å²) in [4.78, 5) is 11.2. The molecule has 1 fully saturated rings. The van der Waals surface area contributed by atoms with E-state index in [-0.39, 0.29) is 12.1 Å². The van der Waals surface area contributed by atoms with Crippen molar-refractivity contribution in [2.75, 3.05) is 19.7 Å². The number of morpholine rings is 1. The van der Waals surface area contributed by atoms with Crippen LogP contribution >= 0.6 is 0 Å². The minimum atomic E-state index is -0.423. The molecule has 0 spiro atoms. The second-order valence-corrected chi connectivity index (χ2v) is 2.85. The highest BCUT2D eigenvalue weighted by Crippen LogP contribution is 2.04. The summed E-state index contributed by atoms with van der Waals surface area (Å²) in [6.07, 6.45) is -0.332. The summed E-state index contributed by atoms with van der Waals surface area (Å²) < 4.78 is 10.2. The van der Waals surface area contributed by atoms with Gasteiger partial charge in [-0.2, -0.15) is 0 Å². The van der Waals surface area contributed by atoms with Crippen LogP contribution < -0.4 is 5.32 Å². The summed E-state index contributed by atoms with van der Waals surface area (Å²) in [5, 5.41) is 3.10. The fourth-order valence-electron chi connectivity index (χ4n) is 1.17. The van der Waals surface area contributed by atoms with E-state index in [4.69, 9.17) is 9.47 Å². The van der Waals surface area contributed by atoms with Gasteiger partial charge in [0.05, 0.1) is 12.7 Å². The van der Waals surface area contributed by atoms with E-state index >= 15 is 0 Å². The molecule has 0 bridgehead atoms. The van der Waals surface area contributed by atoms with Gasteiger partial charge in [-0.3, -0.25) is 0 Å². The van der Waals surface area contributed by atoms with Gasteiger partial charge in [0.25, 0.3) is 0 Å². The first-order valence-electron chi connectivity index (χ1n) is 4.27. The average Bonchev–Trinajstić information content (AvgIpc) is 2.05. The number of carbonyl (C=O) groups excluding carboxylic acids is 1. The molecule has 0 aromatic rings. The normalized spacial score (nSPS) is 29.8. The topological polar surface area (TPSA) is 47.6 Å². The lowest BCUT2D eigenvalue weighted by atomic mass is 10.2. The van der Waals surface area contributed by atoms with Crippen molar-refractivity contribution in [2.24, 2.45) is 0 Å². The Kier molecular flexibility index (Phi) is 3.49. The number of carbonyl (C=O) groups is 1. The third kappa shape index (κ3) is 2.46. The van der Waals surface area contributed by atoms with Crippen LogP contribution in [0.1, 0.15) is 13.8 Å². The van der Waals surface area contributed by atoms with E-state index in [1.54, 1.807) is 6.92 Å². The van der Waals surface area contributed by atoms with Crippen LogP contribution in [0.4, 0.5) is 0 Å². The Morgan fingerprint density at radius 1 is 1.67 bits per heavy atom. The fourth-order valence-corrected chi connectivity index (χ4v) is 1.17. The average molecular weight is 173 g/mol. The molecule has 1 aliphatic heterocycles. The van der Waals surface area contributed by atoms with Gasteiger partial charge in [-0.05, 0) is 13.8 Å². The first kappa shape index (κ1) is 9.48. The maximum atomic E-state index is 11.2. The van der Waals surface area contributed by atoms with Crippen molar-refractivity contribution in [3.63, 3.8) is 0 Å². The molecule has 1 saturated heterocycles. The highest BCUT2D eigenvalue weighted by molar-refractivity contribution is 5.75.